The Balaban J connectivity index is 2.07. The third kappa shape index (κ3) is 3.00. The third-order valence-electron chi connectivity index (χ3n) is 2.80. The quantitative estimate of drug-likeness (QED) is 0.885. The first-order valence-electron chi connectivity index (χ1n) is 5.91. The lowest BCUT2D eigenvalue weighted by Gasteiger charge is -2.14. The van der Waals surface area contributed by atoms with Gasteiger partial charge in [0.05, 0.1) is 0 Å². The van der Waals surface area contributed by atoms with Crippen molar-refractivity contribution in [2.24, 2.45) is 0 Å². The van der Waals surface area contributed by atoms with Gasteiger partial charge in [0.2, 0.25) is 0 Å². The summed E-state index contributed by atoms with van der Waals surface area (Å²) in [7, 11) is 3.99. The van der Waals surface area contributed by atoms with Crippen LogP contribution in [0.1, 0.15) is 5.56 Å². The predicted octanol–water partition coefficient (Wildman–Crippen LogP) is 3.50. The second-order valence-electron chi connectivity index (χ2n) is 4.39. The summed E-state index contributed by atoms with van der Waals surface area (Å²) in [6.07, 6.45) is 0. The van der Waals surface area contributed by atoms with Crippen LogP contribution in [-0.2, 0) is 6.54 Å². The fourth-order valence-corrected chi connectivity index (χ4v) is 1.73. The lowest BCUT2D eigenvalue weighted by atomic mass is 10.2. The van der Waals surface area contributed by atoms with Crippen LogP contribution in [0.15, 0.2) is 48.5 Å². The highest BCUT2D eigenvalue weighted by atomic mass is 19.1. The number of halogens is 1. The van der Waals surface area contributed by atoms with Crippen LogP contribution in [0.5, 0.6) is 0 Å². The fraction of sp³-hybridized carbons (Fsp3) is 0.200. The molecule has 3 heteroatoms. The number of nitrogens with zero attached hydrogens (tertiary/aromatic N) is 1. The molecule has 0 heterocycles. The Hall–Kier alpha value is -2.03. The van der Waals surface area contributed by atoms with E-state index >= 15 is 0 Å². The van der Waals surface area contributed by atoms with E-state index in [1.807, 2.05) is 49.3 Å². The summed E-state index contributed by atoms with van der Waals surface area (Å²) in [5, 5.41) is 3.23. The van der Waals surface area contributed by atoms with Crippen molar-refractivity contribution in [2.45, 2.75) is 6.54 Å². The van der Waals surface area contributed by atoms with E-state index in [1.54, 1.807) is 12.1 Å². The molecule has 0 bridgehead atoms. The summed E-state index contributed by atoms with van der Waals surface area (Å²) in [5.41, 5.74) is 2.78. The van der Waals surface area contributed by atoms with E-state index in [-0.39, 0.29) is 5.82 Å². The van der Waals surface area contributed by atoms with Crippen LogP contribution in [0.25, 0.3) is 0 Å². The average molecular weight is 244 g/mol. The molecule has 0 saturated heterocycles. The highest BCUT2D eigenvalue weighted by molar-refractivity contribution is 5.57. The van der Waals surface area contributed by atoms with Crippen molar-refractivity contribution in [3.63, 3.8) is 0 Å². The SMILES string of the molecule is CN(C)c1cccc(NCc2ccccc2F)c1. The first-order chi connectivity index (χ1) is 8.66. The number of hydrogen-bond acceptors (Lipinski definition) is 2. The monoisotopic (exact) mass is 244 g/mol. The molecule has 0 aromatic heterocycles. The molecule has 2 aromatic carbocycles. The highest BCUT2D eigenvalue weighted by Crippen LogP contribution is 2.18. The van der Waals surface area contributed by atoms with E-state index in [9.17, 15) is 4.39 Å². The minimum atomic E-state index is -0.172. The van der Waals surface area contributed by atoms with E-state index < -0.39 is 0 Å². The zero-order valence-corrected chi connectivity index (χ0v) is 10.7. The second-order valence-corrected chi connectivity index (χ2v) is 4.39. The average Bonchev–Trinajstić information content (AvgIpc) is 2.38. The third-order valence-corrected chi connectivity index (χ3v) is 2.80. The summed E-state index contributed by atoms with van der Waals surface area (Å²) >= 11 is 0. The molecule has 2 nitrogen and oxygen atoms in total. The molecular formula is C15H17FN2. The van der Waals surface area contributed by atoms with Gasteiger partial charge in [0.15, 0.2) is 0 Å². The van der Waals surface area contributed by atoms with E-state index in [2.05, 4.69) is 5.32 Å². The molecular weight excluding hydrogens is 227 g/mol. The molecule has 0 amide bonds. The molecule has 0 fully saturated rings. The Morgan fingerprint density at radius 3 is 2.56 bits per heavy atom. The van der Waals surface area contributed by atoms with Gasteiger partial charge < -0.3 is 10.2 Å². The van der Waals surface area contributed by atoms with Gasteiger partial charge in [-0.05, 0) is 24.3 Å². The molecule has 0 aliphatic carbocycles. The lowest BCUT2D eigenvalue weighted by Crippen LogP contribution is -2.09. The van der Waals surface area contributed by atoms with Crippen molar-refractivity contribution in [1.29, 1.82) is 0 Å². The van der Waals surface area contributed by atoms with Crippen LogP contribution in [0.3, 0.4) is 0 Å². The molecule has 2 rings (SSSR count). The second kappa shape index (κ2) is 5.54. The number of hydrogen-bond donors (Lipinski definition) is 1. The summed E-state index contributed by atoms with van der Waals surface area (Å²) in [6, 6.07) is 14.9. The standard InChI is InChI=1S/C15H17FN2/c1-18(2)14-8-5-7-13(10-14)17-11-12-6-3-4-9-15(12)16/h3-10,17H,11H2,1-2H3. The molecule has 0 aliphatic rings. The molecule has 2 aromatic rings. The Bertz CT molecular complexity index is 523. The van der Waals surface area contributed by atoms with Gasteiger partial charge in [-0.3, -0.25) is 0 Å². The number of benzene rings is 2. The van der Waals surface area contributed by atoms with E-state index in [0.29, 0.717) is 12.1 Å². The summed E-state index contributed by atoms with van der Waals surface area (Å²) in [5.74, 6) is -0.172. The molecule has 0 radical (unpaired) electrons. The molecule has 18 heavy (non-hydrogen) atoms. The van der Waals surface area contributed by atoms with Crippen LogP contribution in [0.4, 0.5) is 15.8 Å². The maximum absolute atomic E-state index is 13.5. The summed E-state index contributed by atoms with van der Waals surface area (Å²) < 4.78 is 13.5. The van der Waals surface area contributed by atoms with Gasteiger partial charge in [-0.15, -0.1) is 0 Å². The largest absolute Gasteiger partial charge is 0.381 e. The maximum atomic E-state index is 13.5. The Labute approximate surface area is 107 Å². The summed E-state index contributed by atoms with van der Waals surface area (Å²) in [4.78, 5) is 2.04. The highest BCUT2D eigenvalue weighted by Gasteiger charge is 2.01. The molecule has 94 valence electrons. The van der Waals surface area contributed by atoms with E-state index in [4.69, 9.17) is 0 Å². The predicted molar refractivity (Wildman–Crippen MR) is 74.5 cm³/mol. The van der Waals surface area contributed by atoms with Crippen LogP contribution in [0, 0.1) is 5.82 Å². The van der Waals surface area contributed by atoms with Crippen molar-refractivity contribution in [2.75, 3.05) is 24.3 Å². The van der Waals surface area contributed by atoms with E-state index in [0.717, 1.165) is 11.4 Å². The van der Waals surface area contributed by atoms with Gasteiger partial charge in [0, 0.05) is 37.6 Å². The lowest BCUT2D eigenvalue weighted by molar-refractivity contribution is 0.613. The van der Waals surface area contributed by atoms with Crippen LogP contribution >= 0.6 is 0 Å². The molecule has 0 aliphatic heterocycles. The zero-order chi connectivity index (χ0) is 13.0. The first-order valence-corrected chi connectivity index (χ1v) is 5.91. The van der Waals surface area contributed by atoms with Gasteiger partial charge in [0.1, 0.15) is 5.82 Å². The van der Waals surface area contributed by atoms with Crippen molar-refractivity contribution < 1.29 is 4.39 Å². The van der Waals surface area contributed by atoms with Crippen molar-refractivity contribution in [3.05, 3.63) is 59.9 Å². The molecule has 0 saturated carbocycles. The Kier molecular flexibility index (Phi) is 3.82. The molecule has 0 spiro atoms. The van der Waals surface area contributed by atoms with Crippen molar-refractivity contribution >= 4 is 11.4 Å². The number of rotatable bonds is 4. The van der Waals surface area contributed by atoms with Crippen LogP contribution in [0.2, 0.25) is 0 Å². The Morgan fingerprint density at radius 1 is 1.06 bits per heavy atom. The van der Waals surface area contributed by atoms with Gasteiger partial charge in [0.25, 0.3) is 0 Å². The minimum absolute atomic E-state index is 0.172. The van der Waals surface area contributed by atoms with Crippen LogP contribution in [-0.4, -0.2) is 14.1 Å². The van der Waals surface area contributed by atoms with Crippen LogP contribution < -0.4 is 10.2 Å². The number of anilines is 2. The zero-order valence-electron chi connectivity index (χ0n) is 10.7. The molecule has 0 unspecified atom stereocenters. The molecule has 0 atom stereocenters. The van der Waals surface area contributed by atoms with Gasteiger partial charge in [-0.2, -0.15) is 0 Å². The Morgan fingerprint density at radius 2 is 1.83 bits per heavy atom. The molecule has 1 N–H and O–H groups in total. The van der Waals surface area contributed by atoms with Gasteiger partial charge in [-0.25, -0.2) is 4.39 Å². The maximum Gasteiger partial charge on any atom is 0.128 e. The van der Waals surface area contributed by atoms with Crippen molar-refractivity contribution in [3.8, 4) is 0 Å². The fourth-order valence-electron chi connectivity index (χ4n) is 1.73. The van der Waals surface area contributed by atoms with E-state index in [1.165, 1.54) is 6.07 Å². The normalized spacial score (nSPS) is 10.2. The van der Waals surface area contributed by atoms with Crippen molar-refractivity contribution in [1.82, 2.24) is 0 Å². The minimum Gasteiger partial charge on any atom is -0.381 e. The first kappa shape index (κ1) is 12.4. The summed E-state index contributed by atoms with van der Waals surface area (Å²) in [6.45, 7) is 0.490. The van der Waals surface area contributed by atoms with Gasteiger partial charge in [-0.1, -0.05) is 24.3 Å². The van der Waals surface area contributed by atoms with Gasteiger partial charge >= 0.3 is 0 Å². The smallest absolute Gasteiger partial charge is 0.128 e. The number of nitrogens with one attached hydrogen (secondary N) is 1. The topological polar surface area (TPSA) is 15.3 Å².